The molecule has 2 aromatic carbocycles. The number of unbranched alkanes of at least 4 members (excludes halogenated alkanes) is 2. The van der Waals surface area contributed by atoms with Crippen LogP contribution in [0.4, 0.5) is 13.2 Å². The Morgan fingerprint density at radius 2 is 1.83 bits per heavy atom. The van der Waals surface area contributed by atoms with Crippen LogP contribution in [0.25, 0.3) is 11.1 Å². The Labute approximate surface area is 171 Å². The number of benzene rings is 2. The molecule has 2 unspecified atom stereocenters. The molecule has 1 fully saturated rings. The lowest BCUT2D eigenvalue weighted by molar-refractivity contribution is -0.0881. The maximum absolute atomic E-state index is 14.8. The van der Waals surface area contributed by atoms with Gasteiger partial charge in [0.2, 0.25) is 0 Å². The number of ether oxygens (including phenoxy) is 2. The fourth-order valence-electron chi connectivity index (χ4n) is 3.75. The van der Waals surface area contributed by atoms with E-state index in [0.717, 1.165) is 32.3 Å². The number of hydrogen-bond donors (Lipinski definition) is 0. The van der Waals surface area contributed by atoms with Crippen molar-refractivity contribution in [3.63, 3.8) is 0 Å². The molecular formula is C24H29F3O2. The number of rotatable bonds is 8. The van der Waals surface area contributed by atoms with E-state index < -0.39 is 17.5 Å². The topological polar surface area (TPSA) is 18.5 Å². The lowest BCUT2D eigenvalue weighted by Gasteiger charge is -2.29. The van der Waals surface area contributed by atoms with Gasteiger partial charge in [0.15, 0.2) is 11.6 Å². The quantitative estimate of drug-likeness (QED) is 0.451. The van der Waals surface area contributed by atoms with Crippen LogP contribution in [0.1, 0.15) is 63.2 Å². The monoisotopic (exact) mass is 406 g/mol. The van der Waals surface area contributed by atoms with Gasteiger partial charge in [-0.2, -0.15) is 0 Å². The van der Waals surface area contributed by atoms with Crippen molar-refractivity contribution in [2.45, 2.75) is 64.6 Å². The summed E-state index contributed by atoms with van der Waals surface area (Å²) in [5, 5.41) is 0. The third-order valence-electron chi connectivity index (χ3n) is 5.54. The Kier molecular flexibility index (Phi) is 7.73. The summed E-state index contributed by atoms with van der Waals surface area (Å²) in [7, 11) is 0. The van der Waals surface area contributed by atoms with Crippen molar-refractivity contribution in [2.24, 2.45) is 0 Å². The fourth-order valence-corrected chi connectivity index (χ4v) is 3.75. The van der Waals surface area contributed by atoms with Crippen LogP contribution >= 0.6 is 0 Å². The van der Waals surface area contributed by atoms with Crippen LogP contribution in [-0.2, 0) is 15.9 Å². The van der Waals surface area contributed by atoms with Crippen LogP contribution in [0.15, 0.2) is 30.3 Å². The largest absolute Gasteiger partial charge is 0.376 e. The van der Waals surface area contributed by atoms with Crippen LogP contribution in [0.5, 0.6) is 0 Å². The minimum atomic E-state index is -0.937. The van der Waals surface area contributed by atoms with Crippen molar-refractivity contribution in [3.05, 3.63) is 58.9 Å². The first-order valence-electron chi connectivity index (χ1n) is 10.5. The summed E-state index contributed by atoms with van der Waals surface area (Å²) >= 11 is 0. The van der Waals surface area contributed by atoms with Gasteiger partial charge in [-0.3, -0.25) is 0 Å². The predicted molar refractivity (Wildman–Crippen MR) is 108 cm³/mol. The minimum absolute atomic E-state index is 0.0552. The van der Waals surface area contributed by atoms with Gasteiger partial charge in [0.25, 0.3) is 0 Å². The van der Waals surface area contributed by atoms with Crippen molar-refractivity contribution in [1.82, 2.24) is 0 Å². The molecule has 0 aliphatic carbocycles. The van der Waals surface area contributed by atoms with Crippen molar-refractivity contribution in [1.29, 1.82) is 0 Å². The summed E-state index contributed by atoms with van der Waals surface area (Å²) in [5.74, 6) is -2.27. The van der Waals surface area contributed by atoms with E-state index in [1.165, 1.54) is 12.1 Å². The van der Waals surface area contributed by atoms with Crippen molar-refractivity contribution < 1.29 is 22.6 Å². The zero-order chi connectivity index (χ0) is 20.8. The summed E-state index contributed by atoms with van der Waals surface area (Å²) in [6.45, 7) is 5.08. The lowest BCUT2D eigenvalue weighted by atomic mass is 9.96. The van der Waals surface area contributed by atoms with Crippen LogP contribution < -0.4 is 0 Å². The minimum Gasteiger partial charge on any atom is -0.376 e. The highest BCUT2D eigenvalue weighted by Crippen LogP contribution is 2.34. The predicted octanol–water partition coefficient (Wildman–Crippen LogP) is 6.76. The second kappa shape index (κ2) is 10.3. The van der Waals surface area contributed by atoms with E-state index in [-0.39, 0.29) is 17.8 Å². The molecule has 1 aliphatic rings. The van der Waals surface area contributed by atoms with Gasteiger partial charge in [-0.15, -0.1) is 0 Å². The highest BCUT2D eigenvalue weighted by molar-refractivity contribution is 5.65. The average molecular weight is 406 g/mol. The number of hydrogen-bond acceptors (Lipinski definition) is 2. The van der Waals surface area contributed by atoms with E-state index >= 15 is 0 Å². The first-order valence-corrected chi connectivity index (χ1v) is 10.5. The summed E-state index contributed by atoms with van der Waals surface area (Å²) in [6, 6.07) is 7.55. The zero-order valence-corrected chi connectivity index (χ0v) is 17.1. The number of halogens is 3. The molecule has 29 heavy (non-hydrogen) atoms. The molecule has 158 valence electrons. The standard InChI is InChI=1S/C24H29F3O2/c1-3-5-6-13-28-18-9-12-22(29-15-18)20-11-8-17(14-21(20)25)19-10-7-16(4-2)23(26)24(19)27/h7-8,10-11,14,18,22H,3-6,9,12-13,15H2,1-2H3. The van der Waals surface area contributed by atoms with Gasteiger partial charge in [0, 0.05) is 17.7 Å². The second-order valence-electron chi connectivity index (χ2n) is 7.59. The molecule has 0 bridgehead atoms. The molecule has 3 rings (SSSR count). The normalized spacial score (nSPS) is 19.5. The van der Waals surface area contributed by atoms with Gasteiger partial charge in [-0.05, 0) is 42.9 Å². The lowest BCUT2D eigenvalue weighted by Crippen LogP contribution is -2.28. The Morgan fingerprint density at radius 3 is 2.48 bits per heavy atom. The zero-order valence-electron chi connectivity index (χ0n) is 17.1. The molecule has 0 saturated carbocycles. The van der Waals surface area contributed by atoms with Crippen LogP contribution in [0.3, 0.4) is 0 Å². The maximum atomic E-state index is 14.8. The first kappa shape index (κ1) is 21.8. The number of aryl methyl sites for hydroxylation is 1. The highest BCUT2D eigenvalue weighted by Gasteiger charge is 2.26. The van der Waals surface area contributed by atoms with E-state index in [1.807, 2.05) is 0 Å². The Bertz CT molecular complexity index is 814. The van der Waals surface area contributed by atoms with Gasteiger partial charge in [-0.25, -0.2) is 13.2 Å². The molecule has 1 saturated heterocycles. The summed E-state index contributed by atoms with van der Waals surface area (Å²) < 4.78 is 54.9. The molecule has 2 atom stereocenters. The summed E-state index contributed by atoms with van der Waals surface area (Å²) in [5.41, 5.74) is 1.14. The van der Waals surface area contributed by atoms with Crippen LogP contribution in [0, 0.1) is 17.5 Å². The maximum Gasteiger partial charge on any atom is 0.166 e. The second-order valence-corrected chi connectivity index (χ2v) is 7.59. The molecule has 1 aliphatic heterocycles. The summed E-state index contributed by atoms with van der Waals surface area (Å²) in [4.78, 5) is 0. The van der Waals surface area contributed by atoms with Gasteiger partial charge >= 0.3 is 0 Å². The highest BCUT2D eigenvalue weighted by atomic mass is 19.2. The van der Waals surface area contributed by atoms with Crippen LogP contribution in [0.2, 0.25) is 0 Å². The van der Waals surface area contributed by atoms with Gasteiger partial charge in [-0.1, -0.05) is 51.0 Å². The van der Waals surface area contributed by atoms with Gasteiger partial charge in [0.1, 0.15) is 5.82 Å². The van der Waals surface area contributed by atoms with E-state index in [2.05, 4.69) is 6.92 Å². The molecule has 0 aromatic heterocycles. The average Bonchev–Trinajstić information content (AvgIpc) is 2.74. The van der Waals surface area contributed by atoms with E-state index in [4.69, 9.17) is 9.47 Å². The molecule has 0 spiro atoms. The Morgan fingerprint density at radius 1 is 1.00 bits per heavy atom. The molecule has 1 heterocycles. The van der Waals surface area contributed by atoms with E-state index in [1.54, 1.807) is 25.1 Å². The Hall–Kier alpha value is -1.85. The first-order chi connectivity index (χ1) is 14.0. The molecule has 2 nitrogen and oxygen atoms in total. The molecule has 2 aromatic rings. The Balaban J connectivity index is 1.66. The smallest absolute Gasteiger partial charge is 0.166 e. The van der Waals surface area contributed by atoms with Crippen molar-refractivity contribution in [3.8, 4) is 11.1 Å². The van der Waals surface area contributed by atoms with Gasteiger partial charge in [0.05, 0.1) is 18.8 Å². The van der Waals surface area contributed by atoms with Gasteiger partial charge < -0.3 is 9.47 Å². The third kappa shape index (κ3) is 5.20. The SMILES string of the molecule is CCCCCOC1CCC(c2ccc(-c3ccc(CC)c(F)c3F)cc2F)OC1. The molecular weight excluding hydrogens is 377 g/mol. The molecule has 0 N–H and O–H groups in total. The van der Waals surface area contributed by atoms with Crippen molar-refractivity contribution in [2.75, 3.05) is 13.2 Å². The molecule has 5 heteroatoms. The molecule has 0 radical (unpaired) electrons. The van der Waals surface area contributed by atoms with E-state index in [0.29, 0.717) is 36.1 Å². The van der Waals surface area contributed by atoms with Crippen LogP contribution in [-0.4, -0.2) is 19.3 Å². The van der Waals surface area contributed by atoms with E-state index in [9.17, 15) is 13.2 Å². The third-order valence-corrected chi connectivity index (χ3v) is 5.54. The van der Waals surface area contributed by atoms with Crippen molar-refractivity contribution >= 4 is 0 Å². The molecule has 0 amide bonds. The fraction of sp³-hybridized carbons (Fsp3) is 0.500. The summed E-state index contributed by atoms with van der Waals surface area (Å²) in [6.07, 6.45) is 4.95.